The van der Waals surface area contributed by atoms with E-state index in [2.05, 4.69) is 4.90 Å². The Morgan fingerprint density at radius 2 is 1.56 bits per heavy atom. The fourth-order valence-electron chi connectivity index (χ4n) is 3.29. The molecule has 25 heavy (non-hydrogen) atoms. The summed E-state index contributed by atoms with van der Waals surface area (Å²) in [4.78, 5) is 2.28. The van der Waals surface area contributed by atoms with Crippen molar-refractivity contribution in [2.75, 3.05) is 27.3 Å². The van der Waals surface area contributed by atoms with Crippen LogP contribution in [-0.4, -0.2) is 37.3 Å². The van der Waals surface area contributed by atoms with Crippen molar-refractivity contribution in [3.8, 4) is 11.5 Å². The van der Waals surface area contributed by atoms with Gasteiger partial charge in [0.1, 0.15) is 17.3 Å². The number of hydrogen-bond donors (Lipinski definition) is 1. The van der Waals surface area contributed by atoms with Crippen molar-refractivity contribution in [1.82, 2.24) is 4.90 Å². The summed E-state index contributed by atoms with van der Waals surface area (Å²) in [5.74, 6) is 1.14. The number of ether oxygens (including phenoxy) is 2. The average molecular weight is 345 g/mol. The van der Waals surface area contributed by atoms with Crippen molar-refractivity contribution in [3.63, 3.8) is 0 Å². The highest BCUT2D eigenvalue weighted by molar-refractivity contribution is 5.41. The van der Waals surface area contributed by atoms with Crippen LogP contribution < -0.4 is 9.47 Å². The second-order valence-electron chi connectivity index (χ2n) is 6.54. The molecule has 2 aromatic rings. The van der Waals surface area contributed by atoms with E-state index in [9.17, 15) is 9.50 Å². The molecule has 1 N–H and O–H groups in total. The molecule has 0 aromatic heterocycles. The molecule has 0 atom stereocenters. The minimum absolute atomic E-state index is 0.219. The number of benzene rings is 2. The van der Waals surface area contributed by atoms with Crippen LogP contribution in [0.4, 0.5) is 4.39 Å². The summed E-state index contributed by atoms with van der Waals surface area (Å²) in [6.45, 7) is 2.30. The quantitative estimate of drug-likeness (QED) is 0.903. The number of nitrogens with zero attached hydrogens (tertiary/aromatic N) is 1. The molecule has 1 saturated heterocycles. The summed E-state index contributed by atoms with van der Waals surface area (Å²) in [6, 6.07) is 12.1. The largest absolute Gasteiger partial charge is 0.497 e. The smallest absolute Gasteiger partial charge is 0.123 e. The van der Waals surface area contributed by atoms with Crippen LogP contribution in [0.25, 0.3) is 0 Å². The molecule has 134 valence electrons. The fourth-order valence-corrected chi connectivity index (χ4v) is 3.29. The maximum Gasteiger partial charge on any atom is 0.123 e. The van der Waals surface area contributed by atoms with Crippen LogP contribution in [0.5, 0.6) is 11.5 Å². The summed E-state index contributed by atoms with van der Waals surface area (Å²) in [7, 11) is 3.21. The van der Waals surface area contributed by atoms with Crippen LogP contribution in [0.2, 0.25) is 0 Å². The van der Waals surface area contributed by atoms with Gasteiger partial charge in [-0.05, 0) is 48.2 Å². The monoisotopic (exact) mass is 345 g/mol. The summed E-state index contributed by atoms with van der Waals surface area (Å²) in [6.07, 6.45) is 1.26. The normalized spacial score (nSPS) is 17.3. The van der Waals surface area contributed by atoms with Crippen LogP contribution in [0.15, 0.2) is 42.5 Å². The third-order valence-electron chi connectivity index (χ3n) is 4.89. The van der Waals surface area contributed by atoms with Gasteiger partial charge in [0, 0.05) is 25.7 Å². The van der Waals surface area contributed by atoms with E-state index in [1.807, 2.05) is 24.3 Å². The number of likely N-dealkylation sites (tertiary alicyclic amines) is 1. The van der Waals surface area contributed by atoms with Gasteiger partial charge in [0.05, 0.1) is 19.8 Å². The van der Waals surface area contributed by atoms with Crippen molar-refractivity contribution in [2.24, 2.45) is 0 Å². The SMILES string of the molecule is COc1cc(OC)cc(C2(O)CCN(Cc3ccc(F)cc3)CC2)c1. The van der Waals surface area contributed by atoms with Gasteiger partial charge in [0.2, 0.25) is 0 Å². The van der Waals surface area contributed by atoms with E-state index < -0.39 is 5.60 Å². The highest BCUT2D eigenvalue weighted by atomic mass is 19.1. The first-order chi connectivity index (χ1) is 12.0. The van der Waals surface area contributed by atoms with E-state index in [1.54, 1.807) is 20.3 Å². The molecule has 0 spiro atoms. The van der Waals surface area contributed by atoms with Gasteiger partial charge in [0.25, 0.3) is 0 Å². The van der Waals surface area contributed by atoms with Gasteiger partial charge in [0.15, 0.2) is 0 Å². The van der Waals surface area contributed by atoms with Gasteiger partial charge in [-0.2, -0.15) is 0 Å². The van der Waals surface area contributed by atoms with Crippen LogP contribution in [0, 0.1) is 5.82 Å². The molecule has 0 amide bonds. The Morgan fingerprint density at radius 1 is 1.00 bits per heavy atom. The molecule has 3 rings (SSSR count). The summed E-state index contributed by atoms with van der Waals surface area (Å²) < 4.78 is 23.6. The first kappa shape index (κ1) is 17.7. The molecule has 0 unspecified atom stereocenters. The minimum atomic E-state index is -0.888. The summed E-state index contributed by atoms with van der Waals surface area (Å²) in [5.41, 5.74) is 1.02. The lowest BCUT2D eigenvalue weighted by Crippen LogP contribution is -2.42. The van der Waals surface area contributed by atoms with E-state index in [1.165, 1.54) is 12.1 Å². The van der Waals surface area contributed by atoms with E-state index in [4.69, 9.17) is 9.47 Å². The molecule has 4 nitrogen and oxygen atoms in total. The van der Waals surface area contributed by atoms with Crippen LogP contribution in [-0.2, 0) is 12.1 Å². The van der Waals surface area contributed by atoms with Gasteiger partial charge in [-0.25, -0.2) is 4.39 Å². The highest BCUT2D eigenvalue weighted by Crippen LogP contribution is 2.37. The maximum absolute atomic E-state index is 13.0. The number of aliphatic hydroxyl groups is 1. The Kier molecular flexibility index (Phi) is 5.25. The van der Waals surface area contributed by atoms with Crippen molar-refractivity contribution >= 4 is 0 Å². The van der Waals surface area contributed by atoms with Gasteiger partial charge >= 0.3 is 0 Å². The van der Waals surface area contributed by atoms with E-state index >= 15 is 0 Å². The highest BCUT2D eigenvalue weighted by Gasteiger charge is 2.34. The average Bonchev–Trinajstić information content (AvgIpc) is 2.65. The Morgan fingerprint density at radius 3 is 2.08 bits per heavy atom. The zero-order chi connectivity index (χ0) is 17.9. The lowest BCUT2D eigenvalue weighted by atomic mass is 9.84. The van der Waals surface area contributed by atoms with Crippen molar-refractivity contribution in [2.45, 2.75) is 25.0 Å². The number of hydrogen-bond acceptors (Lipinski definition) is 4. The van der Waals surface area contributed by atoms with Gasteiger partial charge in [-0.1, -0.05) is 12.1 Å². The first-order valence-electron chi connectivity index (χ1n) is 8.45. The van der Waals surface area contributed by atoms with Crippen LogP contribution in [0.1, 0.15) is 24.0 Å². The zero-order valence-corrected chi connectivity index (χ0v) is 14.7. The molecule has 1 aliphatic rings. The molecule has 5 heteroatoms. The topological polar surface area (TPSA) is 41.9 Å². The lowest BCUT2D eigenvalue weighted by molar-refractivity contribution is -0.0279. The van der Waals surface area contributed by atoms with E-state index in [-0.39, 0.29) is 5.82 Å². The van der Waals surface area contributed by atoms with Crippen molar-refractivity contribution < 1.29 is 19.0 Å². The summed E-state index contributed by atoms with van der Waals surface area (Å²) >= 11 is 0. The molecule has 0 saturated carbocycles. The van der Waals surface area contributed by atoms with Crippen molar-refractivity contribution in [3.05, 3.63) is 59.4 Å². The van der Waals surface area contributed by atoms with E-state index in [0.29, 0.717) is 24.3 Å². The van der Waals surface area contributed by atoms with Crippen LogP contribution >= 0.6 is 0 Å². The molecular weight excluding hydrogens is 321 g/mol. The summed E-state index contributed by atoms with van der Waals surface area (Å²) in [5, 5.41) is 11.1. The van der Waals surface area contributed by atoms with Gasteiger partial charge < -0.3 is 14.6 Å². The zero-order valence-electron chi connectivity index (χ0n) is 14.7. The van der Waals surface area contributed by atoms with E-state index in [0.717, 1.165) is 30.8 Å². The molecular formula is C20H24FNO3. The van der Waals surface area contributed by atoms with Gasteiger partial charge in [-0.3, -0.25) is 4.90 Å². The van der Waals surface area contributed by atoms with Crippen LogP contribution in [0.3, 0.4) is 0 Å². The predicted octanol–water partition coefficient (Wildman–Crippen LogP) is 3.33. The standard InChI is InChI=1S/C20H24FNO3/c1-24-18-11-16(12-19(13-18)25-2)20(23)7-9-22(10-8-20)14-15-3-5-17(21)6-4-15/h3-6,11-13,23H,7-10,14H2,1-2H3. The lowest BCUT2D eigenvalue weighted by Gasteiger charge is -2.38. The Bertz CT molecular complexity index is 687. The van der Waals surface area contributed by atoms with Crippen molar-refractivity contribution in [1.29, 1.82) is 0 Å². The second kappa shape index (κ2) is 7.42. The fraction of sp³-hybridized carbons (Fsp3) is 0.400. The number of halogens is 1. The Labute approximate surface area is 147 Å². The molecule has 1 fully saturated rings. The third-order valence-corrected chi connectivity index (χ3v) is 4.89. The molecule has 0 bridgehead atoms. The minimum Gasteiger partial charge on any atom is -0.497 e. The maximum atomic E-state index is 13.0. The Balaban J connectivity index is 1.68. The molecule has 1 heterocycles. The first-order valence-corrected chi connectivity index (χ1v) is 8.45. The predicted molar refractivity (Wildman–Crippen MR) is 94.4 cm³/mol. The molecule has 0 radical (unpaired) electrons. The molecule has 2 aromatic carbocycles. The number of rotatable bonds is 5. The number of methoxy groups -OCH3 is 2. The Hall–Kier alpha value is -2.11. The molecule has 0 aliphatic carbocycles. The van der Waals surface area contributed by atoms with Gasteiger partial charge in [-0.15, -0.1) is 0 Å². The second-order valence-corrected chi connectivity index (χ2v) is 6.54. The third kappa shape index (κ3) is 4.11. The number of piperidine rings is 1. The molecule has 1 aliphatic heterocycles.